The molecule has 1 fully saturated rings. The lowest BCUT2D eigenvalue weighted by Crippen LogP contribution is -2.27. The average molecular weight is 453 g/mol. The molecule has 0 spiro atoms. The molecule has 0 saturated carbocycles. The van der Waals surface area contributed by atoms with Gasteiger partial charge < -0.3 is 15.5 Å². The van der Waals surface area contributed by atoms with Crippen LogP contribution in [-0.2, 0) is 4.79 Å². The molecule has 2 N–H and O–H groups in total. The number of nitrogens with one attached hydrogen (secondary N) is 2. The Hall–Kier alpha value is -3.00. The number of halogens is 1. The Morgan fingerprint density at radius 2 is 2.07 bits per heavy atom. The lowest BCUT2D eigenvalue weighted by molar-refractivity contribution is -0.111. The second-order valence-corrected chi connectivity index (χ2v) is 7.78. The molecule has 1 saturated heterocycles. The van der Waals surface area contributed by atoms with Crippen LogP contribution in [0.15, 0.2) is 59.5 Å². The van der Waals surface area contributed by atoms with Crippen LogP contribution < -0.4 is 15.5 Å². The van der Waals surface area contributed by atoms with Gasteiger partial charge in [0.2, 0.25) is 11.9 Å². The maximum absolute atomic E-state index is 11.8. The minimum absolute atomic E-state index is 0.134. The highest BCUT2D eigenvalue weighted by Crippen LogP contribution is 2.29. The van der Waals surface area contributed by atoms with E-state index in [4.69, 9.17) is 0 Å². The number of rotatable bonds is 5. The van der Waals surface area contributed by atoms with Crippen molar-refractivity contribution < 1.29 is 4.79 Å². The number of anilines is 3. The standard InChI is InChI=1S/C21H21BrN6O/c1-2-3-19(29)26-16-4-5-18-14(10-16)6-8-23-20(18)28-9-7-17(13-28)27-21-24-11-15(22)12-25-21/h2-6,8,10-12,17H,7,9,13H2,1H3,(H,26,29)(H,24,25,27)/b3-2+/t17-/m1/s1. The lowest BCUT2D eigenvalue weighted by Gasteiger charge is -2.20. The molecule has 0 aliphatic carbocycles. The van der Waals surface area contributed by atoms with Crippen molar-refractivity contribution in [3.05, 3.63) is 59.5 Å². The first-order chi connectivity index (χ1) is 14.1. The van der Waals surface area contributed by atoms with Gasteiger partial charge in [-0.15, -0.1) is 0 Å². The number of amides is 1. The predicted molar refractivity (Wildman–Crippen MR) is 119 cm³/mol. The van der Waals surface area contributed by atoms with Gasteiger partial charge in [0.25, 0.3) is 0 Å². The predicted octanol–water partition coefficient (Wildman–Crippen LogP) is 3.99. The minimum Gasteiger partial charge on any atom is -0.354 e. The first-order valence-corrected chi connectivity index (χ1v) is 10.2. The number of benzene rings is 1. The van der Waals surface area contributed by atoms with Crippen molar-refractivity contribution >= 4 is 50.1 Å². The Kier molecular flexibility index (Phi) is 5.71. The van der Waals surface area contributed by atoms with E-state index in [-0.39, 0.29) is 11.9 Å². The van der Waals surface area contributed by atoms with E-state index in [0.29, 0.717) is 5.95 Å². The Bertz CT molecular complexity index is 1050. The highest BCUT2D eigenvalue weighted by molar-refractivity contribution is 9.10. The van der Waals surface area contributed by atoms with Gasteiger partial charge in [-0.25, -0.2) is 15.0 Å². The van der Waals surface area contributed by atoms with Crippen LogP contribution in [-0.4, -0.2) is 40.0 Å². The molecule has 1 aliphatic heterocycles. The molecule has 2 aromatic heterocycles. The summed E-state index contributed by atoms with van der Waals surface area (Å²) in [5, 5.41) is 8.38. The van der Waals surface area contributed by atoms with E-state index in [1.807, 2.05) is 37.4 Å². The second kappa shape index (κ2) is 8.57. The maximum Gasteiger partial charge on any atom is 0.248 e. The van der Waals surface area contributed by atoms with Crippen LogP contribution in [0.4, 0.5) is 17.5 Å². The highest BCUT2D eigenvalue weighted by atomic mass is 79.9. The van der Waals surface area contributed by atoms with Crippen molar-refractivity contribution in [3.63, 3.8) is 0 Å². The molecular weight excluding hydrogens is 432 g/mol. The van der Waals surface area contributed by atoms with E-state index in [2.05, 4.69) is 46.4 Å². The quantitative estimate of drug-likeness (QED) is 0.569. The summed E-state index contributed by atoms with van der Waals surface area (Å²) < 4.78 is 0.859. The van der Waals surface area contributed by atoms with Gasteiger partial charge in [-0.05, 0) is 65.0 Å². The molecule has 0 radical (unpaired) electrons. The third-order valence-corrected chi connectivity index (χ3v) is 5.18. The van der Waals surface area contributed by atoms with Crippen LogP contribution in [0.25, 0.3) is 10.8 Å². The number of aromatic nitrogens is 3. The fourth-order valence-electron chi connectivity index (χ4n) is 3.47. The Morgan fingerprint density at radius 3 is 2.86 bits per heavy atom. The zero-order valence-electron chi connectivity index (χ0n) is 16.0. The van der Waals surface area contributed by atoms with E-state index in [9.17, 15) is 4.79 Å². The minimum atomic E-state index is -0.134. The van der Waals surface area contributed by atoms with Crippen molar-refractivity contribution in [2.45, 2.75) is 19.4 Å². The van der Waals surface area contributed by atoms with Gasteiger partial charge in [0.1, 0.15) is 5.82 Å². The molecule has 0 bridgehead atoms. The van der Waals surface area contributed by atoms with Gasteiger partial charge in [0.15, 0.2) is 0 Å². The largest absolute Gasteiger partial charge is 0.354 e. The summed E-state index contributed by atoms with van der Waals surface area (Å²) in [4.78, 5) is 27.3. The van der Waals surface area contributed by atoms with Crippen LogP contribution in [0.3, 0.4) is 0 Å². The third kappa shape index (κ3) is 4.54. The third-order valence-electron chi connectivity index (χ3n) is 4.77. The van der Waals surface area contributed by atoms with E-state index in [1.165, 1.54) is 6.08 Å². The summed E-state index contributed by atoms with van der Waals surface area (Å²) in [5.41, 5.74) is 0.770. The molecule has 4 rings (SSSR count). The molecule has 3 aromatic rings. The first-order valence-electron chi connectivity index (χ1n) is 9.44. The first kappa shape index (κ1) is 19.3. The van der Waals surface area contributed by atoms with Crippen molar-refractivity contribution in [1.29, 1.82) is 0 Å². The molecule has 7 nitrogen and oxygen atoms in total. The summed E-state index contributed by atoms with van der Waals surface area (Å²) in [5.74, 6) is 1.45. The second-order valence-electron chi connectivity index (χ2n) is 6.86. The smallest absolute Gasteiger partial charge is 0.248 e. The molecule has 1 amide bonds. The molecule has 1 aromatic carbocycles. The number of fused-ring (bicyclic) bond motifs is 1. The number of allylic oxidation sites excluding steroid dienone is 1. The summed E-state index contributed by atoms with van der Waals surface area (Å²) in [6.07, 6.45) is 9.50. The molecule has 1 aliphatic rings. The molecule has 1 atom stereocenters. The Morgan fingerprint density at radius 1 is 1.24 bits per heavy atom. The van der Waals surface area contributed by atoms with Crippen molar-refractivity contribution in [2.75, 3.05) is 28.6 Å². The number of hydrogen-bond donors (Lipinski definition) is 2. The van der Waals surface area contributed by atoms with Gasteiger partial charge in [0.05, 0.1) is 4.47 Å². The van der Waals surface area contributed by atoms with E-state index in [0.717, 1.165) is 46.3 Å². The Labute approximate surface area is 177 Å². The maximum atomic E-state index is 11.8. The molecule has 8 heteroatoms. The fourth-order valence-corrected chi connectivity index (χ4v) is 3.67. The zero-order chi connectivity index (χ0) is 20.2. The van der Waals surface area contributed by atoms with Gasteiger partial charge in [0, 0.05) is 48.8 Å². The molecular formula is C21H21BrN6O. The number of carbonyl (C=O) groups excluding carboxylic acids is 1. The van der Waals surface area contributed by atoms with E-state index in [1.54, 1.807) is 18.5 Å². The average Bonchev–Trinajstić information content (AvgIpc) is 3.17. The Balaban J connectivity index is 1.50. The SMILES string of the molecule is C/C=C/C(=O)Nc1ccc2c(N3CC[C@@H](Nc4ncc(Br)cn4)C3)nccc2c1. The van der Waals surface area contributed by atoms with Crippen LogP contribution in [0.2, 0.25) is 0 Å². The number of hydrogen-bond acceptors (Lipinski definition) is 6. The lowest BCUT2D eigenvalue weighted by atomic mass is 10.1. The normalized spacial score (nSPS) is 16.5. The molecule has 148 valence electrons. The highest BCUT2D eigenvalue weighted by Gasteiger charge is 2.25. The van der Waals surface area contributed by atoms with Crippen molar-refractivity contribution in [2.24, 2.45) is 0 Å². The zero-order valence-corrected chi connectivity index (χ0v) is 17.6. The summed E-state index contributed by atoms with van der Waals surface area (Å²) >= 11 is 3.35. The van der Waals surface area contributed by atoms with Gasteiger partial charge in [-0.2, -0.15) is 0 Å². The monoisotopic (exact) mass is 452 g/mol. The summed E-state index contributed by atoms with van der Waals surface area (Å²) in [6, 6.07) is 8.13. The van der Waals surface area contributed by atoms with E-state index >= 15 is 0 Å². The fraction of sp³-hybridized carbons (Fsp3) is 0.238. The number of nitrogens with zero attached hydrogens (tertiary/aromatic N) is 4. The van der Waals surface area contributed by atoms with Gasteiger partial charge in [-0.3, -0.25) is 4.79 Å². The summed E-state index contributed by atoms with van der Waals surface area (Å²) in [7, 11) is 0. The van der Waals surface area contributed by atoms with Gasteiger partial charge in [-0.1, -0.05) is 6.08 Å². The number of carbonyl (C=O) groups is 1. The topological polar surface area (TPSA) is 83.0 Å². The molecule has 29 heavy (non-hydrogen) atoms. The molecule has 3 heterocycles. The summed E-state index contributed by atoms with van der Waals surface area (Å²) in [6.45, 7) is 3.55. The molecule has 0 unspecified atom stereocenters. The van der Waals surface area contributed by atoms with E-state index < -0.39 is 0 Å². The number of pyridine rings is 1. The van der Waals surface area contributed by atoms with Gasteiger partial charge >= 0.3 is 0 Å². The van der Waals surface area contributed by atoms with Crippen molar-refractivity contribution in [3.8, 4) is 0 Å². The van der Waals surface area contributed by atoms with Crippen LogP contribution in [0.5, 0.6) is 0 Å². The van der Waals surface area contributed by atoms with Crippen LogP contribution >= 0.6 is 15.9 Å². The van der Waals surface area contributed by atoms with Crippen molar-refractivity contribution in [1.82, 2.24) is 15.0 Å². The van der Waals surface area contributed by atoms with Crippen LogP contribution in [0.1, 0.15) is 13.3 Å². The van der Waals surface area contributed by atoms with Crippen LogP contribution in [0, 0.1) is 0 Å².